The summed E-state index contributed by atoms with van der Waals surface area (Å²) in [5, 5.41) is 11.0. The molecule has 0 amide bonds. The lowest BCUT2D eigenvalue weighted by molar-refractivity contribution is -0.113. The largest absolute Gasteiger partial charge is 0.388 e. The van der Waals surface area contributed by atoms with Crippen LogP contribution in [0.15, 0.2) is 45.7 Å². The highest BCUT2D eigenvalue weighted by Crippen LogP contribution is 2.35. The maximum Gasteiger partial charge on any atom is 0.123 e. The van der Waals surface area contributed by atoms with Crippen LogP contribution in [0.2, 0.25) is 0 Å². The van der Waals surface area contributed by atoms with Gasteiger partial charge in [-0.05, 0) is 37.7 Å². The van der Waals surface area contributed by atoms with Gasteiger partial charge < -0.3 is 20.3 Å². The van der Waals surface area contributed by atoms with Gasteiger partial charge in [-0.1, -0.05) is 12.2 Å². The smallest absolute Gasteiger partial charge is 0.123 e. The van der Waals surface area contributed by atoms with E-state index in [-0.39, 0.29) is 12.0 Å². The maximum atomic E-state index is 10.7. The van der Waals surface area contributed by atoms with E-state index in [0.29, 0.717) is 29.2 Å². The standard InChI is InChI=1S/C21H26N4O2/c22-10-16(11-23-17-8-14(9-17)13-26)20-12-24-21-18(2-1-3-19(21)25-20)15-4-6-27-7-5-15/h1-3,10-15,17-18,21-23H,4-9H2/b16-11+,22-10?. The number of ether oxygens (including phenoxy) is 1. The fraction of sp³-hybridized carbons (Fsp3) is 0.524. The summed E-state index contributed by atoms with van der Waals surface area (Å²) in [4.78, 5) is 20.3. The van der Waals surface area contributed by atoms with Crippen LogP contribution in [-0.4, -0.2) is 49.7 Å². The molecule has 142 valence electrons. The molecule has 0 aromatic heterocycles. The molecule has 6 heteroatoms. The van der Waals surface area contributed by atoms with Crippen LogP contribution in [0.25, 0.3) is 0 Å². The van der Waals surface area contributed by atoms with Crippen LogP contribution in [0.5, 0.6) is 0 Å². The lowest BCUT2D eigenvalue weighted by Crippen LogP contribution is -2.39. The number of aldehydes is 1. The third-order valence-corrected chi connectivity index (χ3v) is 5.98. The number of rotatable bonds is 6. The Hall–Kier alpha value is -2.34. The first-order valence-corrected chi connectivity index (χ1v) is 9.79. The first-order valence-electron chi connectivity index (χ1n) is 9.79. The van der Waals surface area contributed by atoms with Gasteiger partial charge in [0.25, 0.3) is 0 Å². The molecular formula is C21H26N4O2. The van der Waals surface area contributed by atoms with E-state index in [1.165, 1.54) is 6.21 Å². The third-order valence-electron chi connectivity index (χ3n) is 5.98. The van der Waals surface area contributed by atoms with E-state index >= 15 is 0 Å². The van der Waals surface area contributed by atoms with E-state index < -0.39 is 0 Å². The zero-order chi connectivity index (χ0) is 18.6. The number of nitrogens with zero attached hydrogens (tertiary/aromatic N) is 2. The Morgan fingerprint density at radius 1 is 1.30 bits per heavy atom. The Balaban J connectivity index is 1.44. The van der Waals surface area contributed by atoms with Crippen molar-refractivity contribution in [1.82, 2.24) is 5.32 Å². The summed E-state index contributed by atoms with van der Waals surface area (Å²) in [6.07, 6.45) is 16.2. The molecule has 4 rings (SSSR count). The highest BCUT2D eigenvalue weighted by molar-refractivity contribution is 6.44. The Labute approximate surface area is 159 Å². The van der Waals surface area contributed by atoms with Crippen molar-refractivity contribution in [2.45, 2.75) is 37.8 Å². The Bertz CT molecular complexity index is 737. The lowest BCUT2D eigenvalue weighted by Gasteiger charge is -2.35. The Kier molecular flexibility index (Phi) is 5.43. The quantitative estimate of drug-likeness (QED) is 0.559. The van der Waals surface area contributed by atoms with Crippen LogP contribution >= 0.6 is 0 Å². The van der Waals surface area contributed by atoms with Gasteiger partial charge in [0.1, 0.15) is 6.29 Å². The maximum absolute atomic E-state index is 10.7. The summed E-state index contributed by atoms with van der Waals surface area (Å²) in [5.74, 6) is 1.13. The molecule has 2 heterocycles. The monoisotopic (exact) mass is 366 g/mol. The van der Waals surface area contributed by atoms with E-state index in [1.54, 1.807) is 6.21 Å². The van der Waals surface area contributed by atoms with Crippen molar-refractivity contribution in [3.63, 3.8) is 0 Å². The molecule has 1 saturated carbocycles. The molecule has 2 fully saturated rings. The topological polar surface area (TPSA) is 86.9 Å². The van der Waals surface area contributed by atoms with Crippen LogP contribution in [0.4, 0.5) is 0 Å². The first-order chi connectivity index (χ1) is 13.3. The fourth-order valence-electron chi connectivity index (χ4n) is 4.24. The summed E-state index contributed by atoms with van der Waals surface area (Å²) < 4.78 is 5.50. The molecular weight excluding hydrogens is 340 g/mol. The number of hydrogen-bond donors (Lipinski definition) is 2. The second-order valence-corrected chi connectivity index (χ2v) is 7.70. The van der Waals surface area contributed by atoms with Crippen LogP contribution in [-0.2, 0) is 9.53 Å². The van der Waals surface area contributed by atoms with Crippen molar-refractivity contribution in [3.05, 3.63) is 35.7 Å². The van der Waals surface area contributed by atoms with Crippen molar-refractivity contribution in [3.8, 4) is 0 Å². The molecule has 1 saturated heterocycles. The molecule has 6 nitrogen and oxygen atoms in total. The third kappa shape index (κ3) is 3.86. The minimum Gasteiger partial charge on any atom is -0.388 e. The van der Waals surface area contributed by atoms with Crippen molar-refractivity contribution in [2.24, 2.45) is 27.7 Å². The second-order valence-electron chi connectivity index (χ2n) is 7.70. The van der Waals surface area contributed by atoms with Crippen LogP contribution in [0.3, 0.4) is 0 Å². The molecule has 2 unspecified atom stereocenters. The summed E-state index contributed by atoms with van der Waals surface area (Å²) in [7, 11) is 0. The number of carbonyl (C=O) groups excluding carboxylic acids is 1. The predicted molar refractivity (Wildman–Crippen MR) is 107 cm³/mol. The molecule has 2 aliphatic carbocycles. The molecule has 0 aromatic rings. The van der Waals surface area contributed by atoms with Crippen molar-refractivity contribution in [2.75, 3.05) is 13.2 Å². The Morgan fingerprint density at radius 2 is 2.11 bits per heavy atom. The summed E-state index contributed by atoms with van der Waals surface area (Å²) >= 11 is 0. The van der Waals surface area contributed by atoms with Crippen molar-refractivity contribution in [1.29, 1.82) is 5.41 Å². The van der Waals surface area contributed by atoms with E-state index in [0.717, 1.165) is 50.9 Å². The molecule has 4 aliphatic rings. The lowest BCUT2D eigenvalue weighted by atomic mass is 9.78. The molecule has 2 atom stereocenters. The summed E-state index contributed by atoms with van der Waals surface area (Å²) in [6.45, 7) is 1.66. The van der Waals surface area contributed by atoms with Crippen LogP contribution in [0.1, 0.15) is 25.7 Å². The molecule has 0 radical (unpaired) electrons. The zero-order valence-corrected chi connectivity index (χ0v) is 15.4. The van der Waals surface area contributed by atoms with Crippen molar-refractivity contribution < 1.29 is 9.53 Å². The van der Waals surface area contributed by atoms with Crippen LogP contribution in [0, 0.1) is 23.2 Å². The minimum atomic E-state index is 0.0711. The van der Waals surface area contributed by atoms with Gasteiger partial charge in [0, 0.05) is 55.3 Å². The normalized spacial score (nSPS) is 33.4. The van der Waals surface area contributed by atoms with Gasteiger partial charge >= 0.3 is 0 Å². The average molecular weight is 366 g/mol. The van der Waals surface area contributed by atoms with E-state index in [1.807, 2.05) is 12.3 Å². The number of carbonyl (C=O) groups is 1. The predicted octanol–water partition coefficient (Wildman–Crippen LogP) is 2.48. The van der Waals surface area contributed by atoms with Gasteiger partial charge in [-0.3, -0.25) is 4.99 Å². The molecule has 2 N–H and O–H groups in total. The number of aliphatic imine (C=N–C) groups is 2. The van der Waals surface area contributed by atoms with E-state index in [9.17, 15) is 4.79 Å². The van der Waals surface area contributed by atoms with E-state index in [4.69, 9.17) is 20.1 Å². The van der Waals surface area contributed by atoms with E-state index in [2.05, 4.69) is 17.5 Å². The number of allylic oxidation sites excluding steroid dienone is 3. The number of hydrogen-bond acceptors (Lipinski definition) is 6. The molecule has 0 aromatic carbocycles. The van der Waals surface area contributed by atoms with Gasteiger partial charge in [0.2, 0.25) is 0 Å². The van der Waals surface area contributed by atoms with Gasteiger partial charge in [-0.2, -0.15) is 0 Å². The molecule has 0 spiro atoms. The first kappa shape index (κ1) is 18.0. The second kappa shape index (κ2) is 8.13. The minimum absolute atomic E-state index is 0.0711. The SMILES string of the molecule is N=C/C(=C\NC1CC(C=O)C1)C1=NC2=CC=CC(C3CCOCC3)C2N=C1. The molecule has 0 bridgehead atoms. The average Bonchev–Trinajstić information content (AvgIpc) is 2.69. The van der Waals surface area contributed by atoms with Crippen molar-refractivity contribution >= 4 is 24.4 Å². The highest BCUT2D eigenvalue weighted by atomic mass is 16.5. The summed E-state index contributed by atoms with van der Waals surface area (Å²) in [6, 6.07) is 0.375. The zero-order valence-electron chi connectivity index (χ0n) is 15.4. The highest BCUT2D eigenvalue weighted by Gasteiger charge is 2.34. The fourth-order valence-corrected chi connectivity index (χ4v) is 4.24. The van der Waals surface area contributed by atoms with Crippen LogP contribution < -0.4 is 5.32 Å². The van der Waals surface area contributed by atoms with Gasteiger partial charge in [-0.25, -0.2) is 4.99 Å². The number of fused-ring (bicyclic) bond motifs is 1. The van der Waals surface area contributed by atoms with Gasteiger partial charge in [-0.15, -0.1) is 0 Å². The molecule has 2 aliphatic heterocycles. The van der Waals surface area contributed by atoms with Gasteiger partial charge in [0.15, 0.2) is 0 Å². The molecule has 27 heavy (non-hydrogen) atoms. The number of nitrogens with one attached hydrogen (secondary N) is 2. The van der Waals surface area contributed by atoms with Gasteiger partial charge in [0.05, 0.1) is 17.5 Å². The Morgan fingerprint density at radius 3 is 2.85 bits per heavy atom. The summed E-state index contributed by atoms with van der Waals surface area (Å²) in [5.41, 5.74) is 2.40.